The minimum Gasteiger partial charge on any atom is -0.370 e. The van der Waals surface area contributed by atoms with Crippen LogP contribution >= 0.6 is 23.1 Å². The molecule has 1 aromatic rings. The molecule has 3 N–H and O–H groups in total. The highest BCUT2D eigenvalue weighted by Crippen LogP contribution is 2.21. The number of piperidine rings is 1. The number of guanidine groups is 1. The molecule has 0 saturated carbocycles. The molecule has 2 heterocycles. The van der Waals surface area contributed by atoms with E-state index in [4.69, 9.17) is 10.7 Å². The third kappa shape index (κ3) is 6.68. The number of amides is 1. The van der Waals surface area contributed by atoms with Gasteiger partial charge in [0.05, 0.1) is 0 Å². The van der Waals surface area contributed by atoms with Gasteiger partial charge in [0, 0.05) is 49.9 Å². The quantitative estimate of drug-likeness (QED) is 0.318. The summed E-state index contributed by atoms with van der Waals surface area (Å²) in [6, 6.07) is 0. The zero-order valence-corrected chi connectivity index (χ0v) is 15.9. The molecule has 0 spiro atoms. The Kier molecular flexibility index (Phi) is 8.38. The topological polar surface area (TPSA) is 83.6 Å². The second-order valence-electron chi connectivity index (χ2n) is 5.86. The normalized spacial score (nSPS) is 18.6. The molecule has 8 heteroatoms. The Balaban J connectivity index is 1.79. The zero-order chi connectivity index (χ0) is 17.2. The van der Waals surface area contributed by atoms with Gasteiger partial charge in [0.15, 0.2) is 5.96 Å². The van der Waals surface area contributed by atoms with Crippen LogP contribution in [0.2, 0.25) is 0 Å². The molecular formula is C16H27N5OS2. The molecule has 0 bridgehead atoms. The van der Waals surface area contributed by atoms with Gasteiger partial charge in [-0.2, -0.15) is 0 Å². The van der Waals surface area contributed by atoms with Crippen LogP contribution in [0.4, 0.5) is 0 Å². The summed E-state index contributed by atoms with van der Waals surface area (Å²) in [4.78, 5) is 22.5. The Morgan fingerprint density at radius 1 is 1.62 bits per heavy atom. The van der Waals surface area contributed by atoms with E-state index in [2.05, 4.69) is 22.1 Å². The van der Waals surface area contributed by atoms with Gasteiger partial charge in [-0.1, -0.05) is 11.8 Å². The number of hydrogen-bond donors (Lipinski definition) is 2. The van der Waals surface area contributed by atoms with Crippen LogP contribution in [0.3, 0.4) is 0 Å². The first kappa shape index (κ1) is 19.1. The number of hydrogen-bond acceptors (Lipinski definition) is 5. The van der Waals surface area contributed by atoms with E-state index in [0.29, 0.717) is 12.3 Å². The van der Waals surface area contributed by atoms with Gasteiger partial charge in [0.2, 0.25) is 5.91 Å². The lowest BCUT2D eigenvalue weighted by atomic mass is 9.95. The Morgan fingerprint density at radius 2 is 2.50 bits per heavy atom. The first-order valence-electron chi connectivity index (χ1n) is 8.53. The summed E-state index contributed by atoms with van der Waals surface area (Å²) in [5.41, 5.74) is 5.35. The van der Waals surface area contributed by atoms with Crippen molar-refractivity contribution in [3.05, 3.63) is 11.6 Å². The fraction of sp³-hybridized carbons (Fsp3) is 0.688. The first-order chi connectivity index (χ1) is 11.7. The number of aromatic nitrogens is 1. The molecule has 1 atom stereocenters. The van der Waals surface area contributed by atoms with Crippen molar-refractivity contribution in [3.63, 3.8) is 0 Å². The summed E-state index contributed by atoms with van der Waals surface area (Å²) >= 11 is 3.47. The number of thiazole rings is 1. The van der Waals surface area contributed by atoms with Gasteiger partial charge >= 0.3 is 0 Å². The van der Waals surface area contributed by atoms with Gasteiger partial charge in [-0.05, 0) is 32.1 Å². The van der Waals surface area contributed by atoms with Crippen LogP contribution in [-0.2, 0) is 4.79 Å². The van der Waals surface area contributed by atoms with Crippen LogP contribution in [0.1, 0.15) is 32.6 Å². The van der Waals surface area contributed by atoms with Crippen LogP contribution in [0.15, 0.2) is 20.9 Å². The highest BCUT2D eigenvalue weighted by molar-refractivity contribution is 8.00. The molecule has 2 rings (SSSR count). The van der Waals surface area contributed by atoms with Crippen molar-refractivity contribution >= 4 is 35.0 Å². The van der Waals surface area contributed by atoms with E-state index in [-0.39, 0.29) is 5.91 Å². The van der Waals surface area contributed by atoms with Crippen molar-refractivity contribution in [2.75, 3.05) is 31.9 Å². The predicted molar refractivity (Wildman–Crippen MR) is 102 cm³/mol. The summed E-state index contributed by atoms with van der Waals surface area (Å²) in [5.74, 6) is 2.13. The molecule has 1 fully saturated rings. The third-order valence-electron chi connectivity index (χ3n) is 3.84. The van der Waals surface area contributed by atoms with E-state index in [0.717, 1.165) is 61.5 Å². The van der Waals surface area contributed by atoms with Crippen LogP contribution in [-0.4, -0.2) is 53.7 Å². The van der Waals surface area contributed by atoms with Crippen molar-refractivity contribution in [2.24, 2.45) is 16.6 Å². The minimum absolute atomic E-state index is 0.206. The number of thioether (sulfide) groups is 1. The fourth-order valence-electron chi connectivity index (χ4n) is 2.83. The standard InChI is InChI=1S/C16H27N5OS2/c1-2-18-15(19-6-4-9-23-16-20-7-10-24-16)21-8-3-5-13(12-21)11-14(17)22/h7,10,13H,2-6,8-9,11-12H2,1H3,(H2,17,22)(H,18,19). The van der Waals surface area contributed by atoms with E-state index in [1.54, 1.807) is 23.1 Å². The van der Waals surface area contributed by atoms with Crippen molar-refractivity contribution in [1.82, 2.24) is 15.2 Å². The maximum Gasteiger partial charge on any atom is 0.217 e. The third-order valence-corrected chi connectivity index (χ3v) is 5.89. The number of likely N-dealkylation sites (tertiary alicyclic amines) is 1. The maximum absolute atomic E-state index is 11.2. The van der Waals surface area contributed by atoms with Crippen molar-refractivity contribution in [3.8, 4) is 0 Å². The average Bonchev–Trinajstić information content (AvgIpc) is 3.06. The van der Waals surface area contributed by atoms with E-state index in [9.17, 15) is 4.79 Å². The largest absolute Gasteiger partial charge is 0.370 e. The lowest BCUT2D eigenvalue weighted by molar-refractivity contribution is -0.119. The summed E-state index contributed by atoms with van der Waals surface area (Å²) in [6.07, 6.45) is 5.50. The highest BCUT2D eigenvalue weighted by atomic mass is 32.2. The van der Waals surface area contributed by atoms with E-state index < -0.39 is 0 Å². The van der Waals surface area contributed by atoms with E-state index in [1.807, 2.05) is 11.6 Å². The summed E-state index contributed by atoms with van der Waals surface area (Å²) in [7, 11) is 0. The molecule has 134 valence electrons. The van der Waals surface area contributed by atoms with E-state index in [1.165, 1.54) is 0 Å². The number of nitrogens with one attached hydrogen (secondary N) is 1. The Morgan fingerprint density at radius 3 is 3.21 bits per heavy atom. The first-order valence-corrected chi connectivity index (χ1v) is 10.4. The number of nitrogens with two attached hydrogens (primary N) is 1. The van der Waals surface area contributed by atoms with Crippen molar-refractivity contribution < 1.29 is 4.79 Å². The van der Waals surface area contributed by atoms with Gasteiger partial charge in [-0.25, -0.2) is 4.98 Å². The molecule has 0 aliphatic carbocycles. The van der Waals surface area contributed by atoms with Crippen LogP contribution < -0.4 is 11.1 Å². The lowest BCUT2D eigenvalue weighted by Gasteiger charge is -2.34. The molecule has 24 heavy (non-hydrogen) atoms. The lowest BCUT2D eigenvalue weighted by Crippen LogP contribution is -2.47. The molecular weight excluding hydrogens is 342 g/mol. The molecule has 1 unspecified atom stereocenters. The number of primary amides is 1. The average molecular weight is 370 g/mol. The molecule has 1 aliphatic rings. The van der Waals surface area contributed by atoms with Gasteiger partial charge in [-0.3, -0.25) is 9.79 Å². The molecule has 1 amide bonds. The summed E-state index contributed by atoms with van der Waals surface area (Å²) < 4.78 is 1.12. The predicted octanol–water partition coefficient (Wildman–Crippen LogP) is 2.18. The fourth-order valence-corrected chi connectivity index (χ4v) is 4.46. The Labute approximate surface area is 152 Å². The molecule has 1 aliphatic heterocycles. The molecule has 1 saturated heterocycles. The molecule has 6 nitrogen and oxygen atoms in total. The molecule has 0 radical (unpaired) electrons. The van der Waals surface area contributed by atoms with Gasteiger partial charge in [0.1, 0.15) is 4.34 Å². The number of nitrogens with zero attached hydrogens (tertiary/aromatic N) is 3. The monoisotopic (exact) mass is 369 g/mol. The SMILES string of the molecule is CCNC(=NCCCSc1nccs1)N1CCCC(CC(N)=O)C1. The molecule has 0 aromatic carbocycles. The van der Waals surface area contributed by atoms with Crippen LogP contribution in [0, 0.1) is 5.92 Å². The second-order valence-corrected chi connectivity index (χ2v) is 8.10. The number of rotatable bonds is 8. The van der Waals surface area contributed by atoms with Crippen molar-refractivity contribution in [1.29, 1.82) is 0 Å². The van der Waals surface area contributed by atoms with E-state index >= 15 is 0 Å². The smallest absolute Gasteiger partial charge is 0.217 e. The minimum atomic E-state index is -0.206. The van der Waals surface area contributed by atoms with Gasteiger partial charge in [0.25, 0.3) is 0 Å². The van der Waals surface area contributed by atoms with Crippen LogP contribution in [0.25, 0.3) is 0 Å². The number of aliphatic imine (C=N–C) groups is 1. The maximum atomic E-state index is 11.2. The summed E-state index contributed by atoms with van der Waals surface area (Å²) in [5, 5.41) is 5.38. The molecule has 1 aromatic heterocycles. The Bertz CT molecular complexity index is 521. The summed E-state index contributed by atoms with van der Waals surface area (Å²) in [6.45, 7) is 5.59. The van der Waals surface area contributed by atoms with Gasteiger partial charge in [-0.15, -0.1) is 11.3 Å². The Hall–Kier alpha value is -1.28. The zero-order valence-electron chi connectivity index (χ0n) is 14.2. The van der Waals surface area contributed by atoms with Crippen LogP contribution in [0.5, 0.6) is 0 Å². The number of carbonyl (C=O) groups excluding carboxylic acids is 1. The van der Waals surface area contributed by atoms with Crippen molar-refractivity contribution in [2.45, 2.75) is 36.9 Å². The second kappa shape index (κ2) is 10.6. The number of carbonyl (C=O) groups is 1. The highest BCUT2D eigenvalue weighted by Gasteiger charge is 2.23. The van der Waals surface area contributed by atoms with Gasteiger partial charge < -0.3 is 16.0 Å².